The number of rotatable bonds is 6. The van der Waals surface area contributed by atoms with E-state index in [4.69, 9.17) is 4.74 Å². The fourth-order valence-electron chi connectivity index (χ4n) is 2.96. The molecule has 0 aliphatic heterocycles. The number of nitrogens with one attached hydrogen (secondary N) is 1. The monoisotopic (exact) mass is 351 g/mol. The van der Waals surface area contributed by atoms with Gasteiger partial charge in [-0.15, -0.1) is 0 Å². The van der Waals surface area contributed by atoms with Crippen LogP contribution in [0.4, 0.5) is 4.39 Å². The number of carbonyl (C=O) groups excluding carboxylic acids is 1. The summed E-state index contributed by atoms with van der Waals surface area (Å²) in [5, 5.41) is 5.03. The van der Waals surface area contributed by atoms with Crippen molar-refractivity contribution in [3.05, 3.63) is 77.6 Å². The minimum atomic E-state index is -0.276. The molecule has 0 spiro atoms. The highest BCUT2D eigenvalue weighted by Crippen LogP contribution is 2.25. The molecule has 0 saturated heterocycles. The third-order valence-electron chi connectivity index (χ3n) is 4.62. The molecule has 0 radical (unpaired) electrons. The van der Waals surface area contributed by atoms with E-state index < -0.39 is 0 Å². The first-order chi connectivity index (χ1) is 12.6. The van der Waals surface area contributed by atoms with Crippen LogP contribution >= 0.6 is 0 Å². The lowest BCUT2D eigenvalue weighted by molar-refractivity contribution is -0.122. The molecule has 0 bridgehead atoms. The Morgan fingerprint density at radius 3 is 2.58 bits per heavy atom. The van der Waals surface area contributed by atoms with Crippen LogP contribution in [0.15, 0.2) is 60.7 Å². The summed E-state index contributed by atoms with van der Waals surface area (Å²) in [6, 6.07) is 18.5. The van der Waals surface area contributed by atoms with E-state index in [1.807, 2.05) is 43.3 Å². The first-order valence-corrected chi connectivity index (χ1v) is 8.67. The maximum absolute atomic E-state index is 13.6. The highest BCUT2D eigenvalue weighted by atomic mass is 19.1. The van der Waals surface area contributed by atoms with Gasteiger partial charge in [-0.25, -0.2) is 4.39 Å². The Morgan fingerprint density at radius 1 is 1.08 bits per heavy atom. The largest absolute Gasteiger partial charge is 0.497 e. The molecule has 4 heteroatoms. The Hall–Kier alpha value is -2.88. The number of hydrogen-bond acceptors (Lipinski definition) is 2. The Kier molecular flexibility index (Phi) is 5.52. The van der Waals surface area contributed by atoms with Gasteiger partial charge in [0, 0.05) is 6.54 Å². The van der Waals surface area contributed by atoms with Crippen molar-refractivity contribution in [1.29, 1.82) is 0 Å². The summed E-state index contributed by atoms with van der Waals surface area (Å²) in [6.45, 7) is 2.29. The van der Waals surface area contributed by atoms with Crippen LogP contribution in [0.2, 0.25) is 0 Å². The van der Waals surface area contributed by atoms with Gasteiger partial charge >= 0.3 is 0 Å². The van der Waals surface area contributed by atoms with Gasteiger partial charge in [0.1, 0.15) is 11.6 Å². The average molecular weight is 351 g/mol. The molecule has 26 heavy (non-hydrogen) atoms. The summed E-state index contributed by atoms with van der Waals surface area (Å²) in [4.78, 5) is 12.4. The molecule has 0 heterocycles. The Morgan fingerprint density at radius 2 is 1.81 bits per heavy atom. The van der Waals surface area contributed by atoms with Crippen molar-refractivity contribution in [2.24, 2.45) is 0 Å². The van der Waals surface area contributed by atoms with E-state index in [0.717, 1.165) is 22.1 Å². The fourth-order valence-corrected chi connectivity index (χ4v) is 2.96. The number of carbonyl (C=O) groups is 1. The maximum atomic E-state index is 13.6. The Balaban J connectivity index is 1.64. The van der Waals surface area contributed by atoms with Gasteiger partial charge < -0.3 is 10.1 Å². The quantitative estimate of drug-likeness (QED) is 0.712. The minimum Gasteiger partial charge on any atom is -0.497 e. The molecule has 0 aliphatic carbocycles. The van der Waals surface area contributed by atoms with Gasteiger partial charge in [-0.1, -0.05) is 42.5 Å². The van der Waals surface area contributed by atoms with Gasteiger partial charge in [0.2, 0.25) is 5.91 Å². The van der Waals surface area contributed by atoms with Crippen molar-refractivity contribution in [1.82, 2.24) is 5.32 Å². The smallest absolute Gasteiger partial charge is 0.227 e. The van der Waals surface area contributed by atoms with Crippen LogP contribution in [0.3, 0.4) is 0 Å². The lowest BCUT2D eigenvalue weighted by Gasteiger charge is -2.14. The zero-order chi connectivity index (χ0) is 18.5. The lowest BCUT2D eigenvalue weighted by Crippen LogP contribution is -2.30. The third kappa shape index (κ3) is 4.02. The second-order valence-electron chi connectivity index (χ2n) is 6.33. The molecule has 3 nitrogen and oxygen atoms in total. The van der Waals surface area contributed by atoms with E-state index in [1.165, 1.54) is 6.07 Å². The van der Waals surface area contributed by atoms with E-state index in [1.54, 1.807) is 25.3 Å². The molecular formula is C22H22FNO2. The molecule has 1 atom stereocenters. The molecule has 1 amide bonds. The van der Waals surface area contributed by atoms with E-state index in [9.17, 15) is 9.18 Å². The summed E-state index contributed by atoms with van der Waals surface area (Å²) < 4.78 is 18.9. The first kappa shape index (κ1) is 17.9. The number of benzene rings is 3. The molecule has 0 aliphatic rings. The molecule has 1 unspecified atom stereocenters. The zero-order valence-corrected chi connectivity index (χ0v) is 15.0. The molecule has 3 aromatic carbocycles. The van der Waals surface area contributed by atoms with Crippen LogP contribution < -0.4 is 10.1 Å². The number of ether oxygens (including phenoxy) is 1. The van der Waals surface area contributed by atoms with Gasteiger partial charge in [-0.2, -0.15) is 0 Å². The highest BCUT2D eigenvalue weighted by Gasteiger charge is 2.15. The minimum absolute atomic E-state index is 0.0609. The van der Waals surface area contributed by atoms with Crippen LogP contribution in [-0.4, -0.2) is 19.6 Å². The molecule has 1 N–H and O–H groups in total. The van der Waals surface area contributed by atoms with Crippen LogP contribution in [0.1, 0.15) is 24.0 Å². The fraction of sp³-hybridized carbons (Fsp3) is 0.227. The summed E-state index contributed by atoms with van der Waals surface area (Å²) in [5.74, 6) is 0.236. The Bertz CT molecular complexity index is 923. The second kappa shape index (κ2) is 8.00. The highest BCUT2D eigenvalue weighted by molar-refractivity contribution is 5.88. The van der Waals surface area contributed by atoms with E-state index >= 15 is 0 Å². The van der Waals surface area contributed by atoms with Crippen LogP contribution in [-0.2, 0) is 11.2 Å². The van der Waals surface area contributed by atoms with Gasteiger partial charge in [0.05, 0.1) is 13.0 Å². The SMILES string of the molecule is COc1ccc2cc(C(C)C(=O)NCCc3ccccc3F)ccc2c1. The topological polar surface area (TPSA) is 38.3 Å². The van der Waals surface area contributed by atoms with Crippen LogP contribution in [0, 0.1) is 5.82 Å². The van der Waals surface area contributed by atoms with Gasteiger partial charge in [0.25, 0.3) is 0 Å². The third-order valence-corrected chi connectivity index (χ3v) is 4.62. The van der Waals surface area contributed by atoms with E-state index in [0.29, 0.717) is 18.5 Å². The van der Waals surface area contributed by atoms with Crippen molar-refractivity contribution in [2.75, 3.05) is 13.7 Å². The predicted molar refractivity (Wildman–Crippen MR) is 102 cm³/mol. The number of amides is 1. The number of fused-ring (bicyclic) bond motifs is 1. The number of methoxy groups -OCH3 is 1. The number of halogens is 1. The normalized spacial score (nSPS) is 12.0. The van der Waals surface area contributed by atoms with Crippen molar-refractivity contribution < 1.29 is 13.9 Å². The summed E-state index contributed by atoms with van der Waals surface area (Å²) >= 11 is 0. The van der Waals surface area contributed by atoms with Crippen LogP contribution in [0.5, 0.6) is 5.75 Å². The predicted octanol–water partition coefficient (Wildman–Crippen LogP) is 4.45. The van der Waals surface area contributed by atoms with Gasteiger partial charge in [-0.3, -0.25) is 4.79 Å². The molecule has 3 rings (SSSR count). The van der Waals surface area contributed by atoms with Gasteiger partial charge in [-0.05, 0) is 53.4 Å². The second-order valence-corrected chi connectivity index (χ2v) is 6.33. The Labute approximate surface area is 152 Å². The van der Waals surface area contributed by atoms with Gasteiger partial charge in [0.15, 0.2) is 0 Å². The summed E-state index contributed by atoms with van der Waals surface area (Å²) in [6.07, 6.45) is 0.475. The molecule has 0 aromatic heterocycles. The molecule has 0 saturated carbocycles. The molecule has 134 valence electrons. The maximum Gasteiger partial charge on any atom is 0.227 e. The molecule has 3 aromatic rings. The zero-order valence-electron chi connectivity index (χ0n) is 15.0. The summed E-state index contributed by atoms with van der Waals surface area (Å²) in [5.41, 5.74) is 1.56. The van der Waals surface area contributed by atoms with Crippen molar-refractivity contribution >= 4 is 16.7 Å². The lowest BCUT2D eigenvalue weighted by atomic mass is 9.97. The number of hydrogen-bond donors (Lipinski definition) is 1. The first-order valence-electron chi connectivity index (χ1n) is 8.67. The van der Waals surface area contributed by atoms with E-state index in [2.05, 4.69) is 5.32 Å². The van der Waals surface area contributed by atoms with Crippen molar-refractivity contribution in [3.63, 3.8) is 0 Å². The average Bonchev–Trinajstić information content (AvgIpc) is 2.67. The summed E-state index contributed by atoms with van der Waals surface area (Å²) in [7, 11) is 1.64. The van der Waals surface area contributed by atoms with Crippen LogP contribution in [0.25, 0.3) is 10.8 Å². The van der Waals surface area contributed by atoms with Crippen molar-refractivity contribution in [2.45, 2.75) is 19.3 Å². The van der Waals surface area contributed by atoms with Crippen molar-refractivity contribution in [3.8, 4) is 5.75 Å². The standard InChI is InChI=1S/C22H22FNO2/c1-15(22(25)24-12-11-16-5-3-4-6-21(16)23)17-7-8-19-14-20(26-2)10-9-18(19)13-17/h3-10,13-15H,11-12H2,1-2H3,(H,24,25). The molecular weight excluding hydrogens is 329 g/mol. The van der Waals surface area contributed by atoms with E-state index in [-0.39, 0.29) is 17.6 Å². The molecule has 0 fully saturated rings.